The van der Waals surface area contributed by atoms with Crippen LogP contribution in [0.15, 0.2) is 55.1 Å². The summed E-state index contributed by atoms with van der Waals surface area (Å²) in [5.41, 5.74) is 5.72. The van der Waals surface area contributed by atoms with E-state index in [0.717, 1.165) is 54.9 Å². The van der Waals surface area contributed by atoms with Crippen molar-refractivity contribution >= 4 is 17.2 Å². The molecular formula is C28H31N7O3. The van der Waals surface area contributed by atoms with Gasteiger partial charge in [0.1, 0.15) is 6.10 Å². The molecule has 2 fully saturated rings. The Bertz CT molecular complexity index is 1440. The van der Waals surface area contributed by atoms with Crippen molar-refractivity contribution in [2.45, 2.75) is 12.5 Å². The molecule has 1 atom stereocenters. The molecule has 0 saturated carbocycles. The highest BCUT2D eigenvalue weighted by Crippen LogP contribution is 2.34. The van der Waals surface area contributed by atoms with Crippen LogP contribution in [-0.4, -0.2) is 90.0 Å². The van der Waals surface area contributed by atoms with Crippen molar-refractivity contribution in [2.24, 2.45) is 0 Å². The molecule has 0 bridgehead atoms. The third-order valence-electron chi connectivity index (χ3n) is 7.21. The van der Waals surface area contributed by atoms with Gasteiger partial charge in [0.25, 0.3) is 5.91 Å². The number of amides is 1. The van der Waals surface area contributed by atoms with E-state index in [1.54, 1.807) is 36.2 Å². The lowest BCUT2D eigenvalue weighted by atomic mass is 10.1. The first-order valence-electron chi connectivity index (χ1n) is 12.9. The van der Waals surface area contributed by atoms with Crippen molar-refractivity contribution in [3.63, 3.8) is 0 Å². The molecule has 2 saturated heterocycles. The molecule has 10 heteroatoms. The van der Waals surface area contributed by atoms with E-state index in [9.17, 15) is 4.79 Å². The quantitative estimate of drug-likeness (QED) is 0.421. The molecule has 10 nitrogen and oxygen atoms in total. The number of nitrogens with one attached hydrogen (secondary N) is 1. The van der Waals surface area contributed by atoms with Crippen LogP contribution >= 0.6 is 0 Å². The Balaban J connectivity index is 1.38. The van der Waals surface area contributed by atoms with Crippen molar-refractivity contribution in [3.8, 4) is 28.1 Å². The summed E-state index contributed by atoms with van der Waals surface area (Å²) in [6.45, 7) is 5.38. The molecule has 2 aliphatic heterocycles. The minimum absolute atomic E-state index is 0.0575. The largest absolute Gasteiger partial charge is 0.471 e. The molecule has 1 aromatic carbocycles. The van der Waals surface area contributed by atoms with Crippen molar-refractivity contribution in [2.75, 3.05) is 58.4 Å². The van der Waals surface area contributed by atoms with Gasteiger partial charge in [-0.2, -0.15) is 10.1 Å². The summed E-state index contributed by atoms with van der Waals surface area (Å²) in [7, 11) is 3.76. The summed E-state index contributed by atoms with van der Waals surface area (Å²) in [5, 5.41) is 7.22. The molecule has 0 aliphatic carbocycles. The summed E-state index contributed by atoms with van der Waals surface area (Å²) in [6.07, 6.45) is 7.71. The second kappa shape index (κ2) is 10.4. The van der Waals surface area contributed by atoms with Gasteiger partial charge in [0.05, 0.1) is 30.5 Å². The lowest BCUT2D eigenvalue weighted by Gasteiger charge is -2.34. The standard InChI is InChI=1S/C28H31N7O3/c1-29-27(36)21-13-20(14-30-15-21)24-16-31-35-17-25(28(32-26(24)35)38-23-7-12-37-18-23)19-3-5-22(6-4-19)34-10-8-33(2)9-11-34/h3-6,13-17,23H,7-12,18H2,1-2H3,(H,29,36)/t23-/m0/s1. The Hall–Kier alpha value is -4.02. The van der Waals surface area contributed by atoms with Crippen LogP contribution in [0.2, 0.25) is 0 Å². The van der Waals surface area contributed by atoms with Gasteiger partial charge in [0.2, 0.25) is 5.88 Å². The fourth-order valence-electron chi connectivity index (χ4n) is 4.92. The van der Waals surface area contributed by atoms with Crippen LogP contribution in [0.25, 0.3) is 27.9 Å². The molecule has 0 radical (unpaired) electrons. The second-order valence-electron chi connectivity index (χ2n) is 9.77. The first kappa shape index (κ1) is 24.3. The van der Waals surface area contributed by atoms with Crippen LogP contribution in [0.5, 0.6) is 5.88 Å². The molecule has 1 amide bonds. The van der Waals surface area contributed by atoms with Crippen molar-refractivity contribution in [1.82, 2.24) is 29.8 Å². The van der Waals surface area contributed by atoms with Crippen LogP contribution in [0, 0.1) is 0 Å². The van der Waals surface area contributed by atoms with E-state index in [1.165, 1.54) is 5.69 Å². The number of fused-ring (bicyclic) bond motifs is 1. The van der Waals surface area contributed by atoms with E-state index in [2.05, 4.69) is 56.5 Å². The number of anilines is 1. The zero-order chi connectivity index (χ0) is 26.1. The highest BCUT2D eigenvalue weighted by molar-refractivity contribution is 5.95. The molecular weight excluding hydrogens is 482 g/mol. The number of hydrogen-bond donors (Lipinski definition) is 1. The molecule has 0 spiro atoms. The van der Waals surface area contributed by atoms with E-state index >= 15 is 0 Å². The average Bonchev–Trinajstić information content (AvgIpc) is 3.63. The topological polar surface area (TPSA) is 97.1 Å². The molecule has 196 valence electrons. The first-order chi connectivity index (χ1) is 18.6. The van der Waals surface area contributed by atoms with Gasteiger partial charge in [0.15, 0.2) is 5.65 Å². The Labute approximate surface area is 221 Å². The van der Waals surface area contributed by atoms with Gasteiger partial charge in [-0.15, -0.1) is 0 Å². The zero-order valence-corrected chi connectivity index (χ0v) is 21.6. The molecule has 0 unspecified atom stereocenters. The lowest BCUT2D eigenvalue weighted by molar-refractivity contribution is 0.0962. The van der Waals surface area contributed by atoms with Crippen molar-refractivity contribution < 1.29 is 14.3 Å². The van der Waals surface area contributed by atoms with Gasteiger partial charge in [-0.1, -0.05) is 12.1 Å². The van der Waals surface area contributed by atoms with Gasteiger partial charge in [-0.05, 0) is 30.8 Å². The summed E-state index contributed by atoms with van der Waals surface area (Å²) >= 11 is 0. The predicted molar refractivity (Wildman–Crippen MR) is 145 cm³/mol. The number of piperazine rings is 1. The molecule has 4 aromatic rings. The minimum Gasteiger partial charge on any atom is -0.471 e. The monoisotopic (exact) mass is 513 g/mol. The Morgan fingerprint density at radius 3 is 2.61 bits per heavy atom. The van der Waals surface area contributed by atoms with Gasteiger partial charge >= 0.3 is 0 Å². The molecule has 38 heavy (non-hydrogen) atoms. The summed E-state index contributed by atoms with van der Waals surface area (Å²) in [4.78, 5) is 26.1. The van der Waals surface area contributed by atoms with Crippen LogP contribution < -0.4 is 15.0 Å². The van der Waals surface area contributed by atoms with Crippen LogP contribution in [-0.2, 0) is 4.74 Å². The molecule has 6 rings (SSSR count). The normalized spacial score (nSPS) is 18.2. The fourth-order valence-corrected chi connectivity index (χ4v) is 4.92. The maximum absolute atomic E-state index is 12.2. The summed E-state index contributed by atoms with van der Waals surface area (Å²) < 4.78 is 13.7. The number of aromatic nitrogens is 4. The van der Waals surface area contributed by atoms with E-state index < -0.39 is 0 Å². The average molecular weight is 514 g/mol. The van der Waals surface area contributed by atoms with E-state index in [4.69, 9.17) is 14.5 Å². The number of pyridine rings is 1. The van der Waals surface area contributed by atoms with Gasteiger partial charge in [0, 0.05) is 75.1 Å². The number of ether oxygens (including phenoxy) is 2. The van der Waals surface area contributed by atoms with Gasteiger partial charge < -0.3 is 24.6 Å². The number of carbonyl (C=O) groups excluding carboxylic acids is 1. The van der Waals surface area contributed by atoms with Gasteiger partial charge in [-0.3, -0.25) is 9.78 Å². The summed E-state index contributed by atoms with van der Waals surface area (Å²) in [5.74, 6) is 0.342. The van der Waals surface area contributed by atoms with E-state index in [-0.39, 0.29) is 12.0 Å². The molecule has 2 aliphatic rings. The maximum Gasteiger partial charge on any atom is 0.252 e. The smallest absolute Gasteiger partial charge is 0.252 e. The fraction of sp³-hybridized carbons (Fsp3) is 0.357. The van der Waals surface area contributed by atoms with Crippen LogP contribution in [0.1, 0.15) is 16.8 Å². The SMILES string of the molecule is CNC(=O)c1cncc(-c2cnn3cc(-c4ccc(N5CCN(C)CC5)cc4)c(O[C@H]4CCOC4)nc23)c1. The Kier molecular flexibility index (Phi) is 6.65. The van der Waals surface area contributed by atoms with Gasteiger partial charge in [-0.25, -0.2) is 4.52 Å². The number of rotatable bonds is 6. The molecule has 5 heterocycles. The maximum atomic E-state index is 12.2. The lowest BCUT2D eigenvalue weighted by Crippen LogP contribution is -2.44. The molecule has 3 aromatic heterocycles. The third kappa shape index (κ3) is 4.80. The minimum atomic E-state index is -0.198. The number of hydrogen-bond acceptors (Lipinski definition) is 8. The second-order valence-corrected chi connectivity index (χ2v) is 9.77. The highest BCUT2D eigenvalue weighted by Gasteiger charge is 2.23. The predicted octanol–water partition coefficient (Wildman–Crippen LogP) is 2.74. The Morgan fingerprint density at radius 1 is 1.05 bits per heavy atom. The number of carbonyl (C=O) groups is 1. The third-order valence-corrected chi connectivity index (χ3v) is 7.21. The van der Waals surface area contributed by atoms with E-state index in [0.29, 0.717) is 30.3 Å². The van der Waals surface area contributed by atoms with Crippen molar-refractivity contribution in [1.29, 1.82) is 0 Å². The summed E-state index contributed by atoms with van der Waals surface area (Å²) in [6, 6.07) is 10.4. The van der Waals surface area contributed by atoms with E-state index in [1.807, 2.05) is 6.20 Å². The molecule has 1 N–H and O–H groups in total. The number of benzene rings is 1. The highest BCUT2D eigenvalue weighted by atomic mass is 16.5. The van der Waals surface area contributed by atoms with Crippen molar-refractivity contribution in [3.05, 3.63) is 60.7 Å². The van der Waals surface area contributed by atoms with Crippen LogP contribution in [0.4, 0.5) is 5.69 Å². The van der Waals surface area contributed by atoms with Crippen LogP contribution in [0.3, 0.4) is 0 Å². The Morgan fingerprint density at radius 2 is 1.87 bits per heavy atom. The number of likely N-dealkylation sites (N-methyl/N-ethyl adjacent to an activating group) is 1. The number of nitrogens with zero attached hydrogens (tertiary/aromatic N) is 6. The zero-order valence-electron chi connectivity index (χ0n) is 21.6. The first-order valence-corrected chi connectivity index (χ1v) is 12.9.